The third-order valence-corrected chi connectivity index (χ3v) is 2.12. The fourth-order valence-electron chi connectivity index (χ4n) is 1.54. The van der Waals surface area contributed by atoms with Gasteiger partial charge in [-0.3, -0.25) is 0 Å². The maximum atomic E-state index is 8.45. The zero-order chi connectivity index (χ0) is 9.26. The Kier molecular flexibility index (Phi) is 1.77. The van der Waals surface area contributed by atoms with E-state index in [1.165, 1.54) is 6.21 Å². The van der Waals surface area contributed by atoms with Crippen LogP contribution in [0.25, 0.3) is 10.9 Å². The highest BCUT2D eigenvalue weighted by Crippen LogP contribution is 2.18. The molecule has 2 rings (SSSR count). The molecule has 3 heteroatoms. The Labute approximate surface area is 75.9 Å². The lowest BCUT2D eigenvalue weighted by Crippen LogP contribution is -1.81. The average Bonchev–Trinajstić information content (AvgIpc) is 2.46. The largest absolute Gasteiger partial charge is 0.411 e. The molecular weight excluding hydrogens is 164 g/mol. The molecule has 1 aromatic carbocycles. The molecule has 0 atom stereocenters. The Hall–Kier alpha value is -1.77. The molecule has 2 aromatic rings. The van der Waals surface area contributed by atoms with E-state index >= 15 is 0 Å². The first-order chi connectivity index (χ1) is 6.33. The second-order valence-electron chi connectivity index (χ2n) is 2.96. The highest BCUT2D eigenvalue weighted by atomic mass is 16.4. The fraction of sp³-hybridized carbons (Fsp3) is 0.100. The molecule has 3 nitrogen and oxygen atoms in total. The highest BCUT2D eigenvalue weighted by Gasteiger charge is 2.02. The van der Waals surface area contributed by atoms with Crippen LogP contribution in [0.5, 0.6) is 0 Å². The van der Waals surface area contributed by atoms with Gasteiger partial charge < -0.3 is 9.77 Å². The predicted molar refractivity (Wildman–Crippen MR) is 52.3 cm³/mol. The predicted octanol–water partition coefficient (Wildman–Crippen LogP) is 1.99. The van der Waals surface area contributed by atoms with Crippen molar-refractivity contribution in [2.45, 2.75) is 0 Å². The van der Waals surface area contributed by atoms with Crippen LogP contribution in [0.3, 0.4) is 0 Å². The number of hydrogen-bond donors (Lipinski definition) is 1. The Morgan fingerprint density at radius 2 is 2.15 bits per heavy atom. The van der Waals surface area contributed by atoms with Gasteiger partial charge in [0.25, 0.3) is 0 Å². The molecule has 1 heterocycles. The third-order valence-electron chi connectivity index (χ3n) is 2.12. The van der Waals surface area contributed by atoms with Gasteiger partial charge in [0, 0.05) is 29.7 Å². The lowest BCUT2D eigenvalue weighted by molar-refractivity contribution is 0.322. The number of aryl methyl sites for hydroxylation is 1. The number of fused-ring (bicyclic) bond motifs is 1. The lowest BCUT2D eigenvalue weighted by Gasteiger charge is -1.92. The molecule has 0 bridgehead atoms. The van der Waals surface area contributed by atoms with Crippen molar-refractivity contribution in [3.8, 4) is 0 Å². The van der Waals surface area contributed by atoms with Gasteiger partial charge in [-0.2, -0.15) is 0 Å². The molecule has 0 aliphatic rings. The van der Waals surface area contributed by atoms with Gasteiger partial charge >= 0.3 is 0 Å². The first-order valence-electron chi connectivity index (χ1n) is 4.04. The van der Waals surface area contributed by atoms with Crippen LogP contribution >= 0.6 is 0 Å². The van der Waals surface area contributed by atoms with Crippen LogP contribution in [-0.2, 0) is 7.05 Å². The molecule has 0 unspecified atom stereocenters. The van der Waals surface area contributed by atoms with Gasteiger partial charge in [0.1, 0.15) is 0 Å². The molecule has 0 spiro atoms. The topological polar surface area (TPSA) is 37.5 Å². The number of benzene rings is 1. The van der Waals surface area contributed by atoms with E-state index in [1.54, 1.807) is 0 Å². The first-order valence-corrected chi connectivity index (χ1v) is 4.04. The molecular formula is C10H10N2O. The van der Waals surface area contributed by atoms with E-state index in [2.05, 4.69) is 5.16 Å². The van der Waals surface area contributed by atoms with Crippen molar-refractivity contribution >= 4 is 17.1 Å². The number of rotatable bonds is 1. The SMILES string of the molecule is Cn1cc(C=NO)c2ccccc21. The molecule has 0 saturated heterocycles. The van der Waals surface area contributed by atoms with Crippen LogP contribution in [0.2, 0.25) is 0 Å². The molecule has 0 fully saturated rings. The molecule has 13 heavy (non-hydrogen) atoms. The summed E-state index contributed by atoms with van der Waals surface area (Å²) < 4.78 is 2.01. The zero-order valence-corrected chi connectivity index (χ0v) is 7.31. The number of para-hydroxylation sites is 1. The van der Waals surface area contributed by atoms with Crippen LogP contribution in [-0.4, -0.2) is 16.0 Å². The quantitative estimate of drug-likeness (QED) is 0.400. The molecule has 1 N–H and O–H groups in total. The maximum Gasteiger partial charge on any atom is 0.0755 e. The fourth-order valence-corrected chi connectivity index (χ4v) is 1.54. The number of hydrogen-bond acceptors (Lipinski definition) is 2. The van der Waals surface area contributed by atoms with Crippen molar-refractivity contribution in [2.24, 2.45) is 12.2 Å². The van der Waals surface area contributed by atoms with Gasteiger partial charge in [0.2, 0.25) is 0 Å². The normalized spacial score (nSPS) is 11.5. The van der Waals surface area contributed by atoms with Crippen molar-refractivity contribution in [3.63, 3.8) is 0 Å². The lowest BCUT2D eigenvalue weighted by atomic mass is 10.2. The summed E-state index contributed by atoms with van der Waals surface area (Å²) in [4.78, 5) is 0. The van der Waals surface area contributed by atoms with Crippen molar-refractivity contribution in [1.82, 2.24) is 4.57 Å². The summed E-state index contributed by atoms with van der Waals surface area (Å²) in [6.45, 7) is 0. The van der Waals surface area contributed by atoms with Crippen molar-refractivity contribution < 1.29 is 5.21 Å². The van der Waals surface area contributed by atoms with Gasteiger partial charge in [0.05, 0.1) is 6.21 Å². The average molecular weight is 174 g/mol. The summed E-state index contributed by atoms with van der Waals surface area (Å²) in [5, 5.41) is 12.6. The second kappa shape index (κ2) is 2.94. The molecule has 0 saturated carbocycles. The van der Waals surface area contributed by atoms with Crippen molar-refractivity contribution in [3.05, 3.63) is 36.0 Å². The van der Waals surface area contributed by atoms with Crippen LogP contribution in [0.4, 0.5) is 0 Å². The van der Waals surface area contributed by atoms with Gasteiger partial charge in [-0.25, -0.2) is 0 Å². The van der Waals surface area contributed by atoms with Gasteiger partial charge in [-0.05, 0) is 6.07 Å². The monoisotopic (exact) mass is 174 g/mol. The van der Waals surface area contributed by atoms with E-state index < -0.39 is 0 Å². The summed E-state index contributed by atoms with van der Waals surface area (Å²) in [5.74, 6) is 0. The Balaban J connectivity index is 2.77. The van der Waals surface area contributed by atoms with Crippen molar-refractivity contribution in [1.29, 1.82) is 0 Å². The summed E-state index contributed by atoms with van der Waals surface area (Å²) >= 11 is 0. The molecule has 1 aromatic heterocycles. The van der Waals surface area contributed by atoms with Gasteiger partial charge in [-0.15, -0.1) is 0 Å². The van der Waals surface area contributed by atoms with Gasteiger partial charge in [0.15, 0.2) is 0 Å². The van der Waals surface area contributed by atoms with E-state index in [-0.39, 0.29) is 0 Å². The minimum absolute atomic E-state index is 0.931. The number of nitrogens with zero attached hydrogens (tertiary/aromatic N) is 2. The number of oxime groups is 1. The summed E-state index contributed by atoms with van der Waals surface area (Å²) in [6, 6.07) is 8.00. The summed E-state index contributed by atoms with van der Waals surface area (Å²) in [5.41, 5.74) is 2.07. The highest BCUT2D eigenvalue weighted by molar-refractivity contribution is 5.99. The van der Waals surface area contributed by atoms with E-state index in [0.717, 1.165) is 16.5 Å². The Morgan fingerprint density at radius 1 is 1.38 bits per heavy atom. The van der Waals surface area contributed by atoms with E-state index in [1.807, 2.05) is 42.1 Å². The number of aromatic nitrogens is 1. The van der Waals surface area contributed by atoms with Crippen molar-refractivity contribution in [2.75, 3.05) is 0 Å². The van der Waals surface area contributed by atoms with E-state index in [9.17, 15) is 0 Å². The van der Waals surface area contributed by atoms with Crippen LogP contribution in [0.1, 0.15) is 5.56 Å². The second-order valence-corrected chi connectivity index (χ2v) is 2.96. The zero-order valence-electron chi connectivity index (χ0n) is 7.31. The molecule has 0 radical (unpaired) electrons. The van der Waals surface area contributed by atoms with Crippen LogP contribution in [0, 0.1) is 0 Å². The minimum atomic E-state index is 0.931. The Morgan fingerprint density at radius 3 is 2.92 bits per heavy atom. The van der Waals surface area contributed by atoms with Gasteiger partial charge in [-0.1, -0.05) is 23.4 Å². The van der Waals surface area contributed by atoms with E-state index in [0.29, 0.717) is 0 Å². The van der Waals surface area contributed by atoms with E-state index in [4.69, 9.17) is 5.21 Å². The summed E-state index contributed by atoms with van der Waals surface area (Å²) in [6.07, 6.45) is 3.38. The minimum Gasteiger partial charge on any atom is -0.411 e. The third kappa shape index (κ3) is 1.18. The Bertz CT molecular complexity index is 457. The van der Waals surface area contributed by atoms with Crippen LogP contribution in [0.15, 0.2) is 35.6 Å². The smallest absolute Gasteiger partial charge is 0.0755 e. The molecule has 0 amide bonds. The molecule has 0 aliphatic heterocycles. The van der Waals surface area contributed by atoms with Crippen LogP contribution < -0.4 is 0 Å². The maximum absolute atomic E-state index is 8.45. The molecule has 0 aliphatic carbocycles. The molecule has 66 valence electrons. The first kappa shape index (κ1) is 7.86. The summed E-state index contributed by atoms with van der Waals surface area (Å²) in [7, 11) is 1.97. The standard InChI is InChI=1S/C10H10N2O/c1-12-7-8(6-11-13)9-4-2-3-5-10(9)12/h2-7,13H,1H3.